The molecule has 6 heteroatoms. The van der Waals surface area contributed by atoms with Crippen LogP contribution in [-0.2, 0) is 16.1 Å². The minimum atomic E-state index is -1.01. The van der Waals surface area contributed by atoms with Crippen LogP contribution in [0.25, 0.3) is 0 Å². The lowest BCUT2D eigenvalue weighted by atomic mass is 10.2. The number of carbonyl (C=O) groups is 1. The van der Waals surface area contributed by atoms with E-state index in [1.54, 1.807) is 0 Å². The smallest absolute Gasteiger partial charge is 0.384 e. The lowest BCUT2D eigenvalue weighted by Gasteiger charge is -2.01. The highest BCUT2D eigenvalue weighted by atomic mass is 16.6. The van der Waals surface area contributed by atoms with Crippen molar-refractivity contribution in [2.24, 2.45) is 0 Å². The van der Waals surface area contributed by atoms with Crippen molar-refractivity contribution < 1.29 is 19.6 Å². The Morgan fingerprint density at radius 2 is 2.05 bits per heavy atom. The Hall–Kier alpha value is -2.39. The average molecular weight is 261 g/mol. The molecule has 0 spiro atoms. The first-order valence-electron chi connectivity index (χ1n) is 5.64. The third kappa shape index (κ3) is 3.79. The zero-order chi connectivity index (χ0) is 13.9. The highest BCUT2D eigenvalue weighted by Gasteiger charge is 2.38. The molecule has 0 aromatic heterocycles. The van der Waals surface area contributed by atoms with Gasteiger partial charge in [0, 0.05) is 18.1 Å². The van der Waals surface area contributed by atoms with Crippen molar-refractivity contribution in [1.82, 2.24) is 0 Å². The summed E-state index contributed by atoms with van der Waals surface area (Å²) >= 11 is 0. The number of non-ortho nitro benzene ring substituents is 1. The molecule has 2 rings (SSSR count). The van der Waals surface area contributed by atoms with Crippen molar-refractivity contribution in [3.05, 3.63) is 39.9 Å². The van der Waals surface area contributed by atoms with Crippen LogP contribution in [0.15, 0.2) is 24.3 Å². The molecule has 1 aliphatic rings. The number of aliphatic hydroxyl groups is 1. The number of carbonyl (C=O) groups excluding carboxylic acids is 1. The molecule has 1 saturated carbocycles. The number of nitrogens with zero attached hydrogens (tertiary/aromatic N) is 1. The number of ether oxygens (including phenoxy) is 1. The van der Waals surface area contributed by atoms with Gasteiger partial charge in [0.15, 0.2) is 0 Å². The molecule has 0 amide bonds. The maximum atomic E-state index is 11.3. The Morgan fingerprint density at radius 1 is 1.42 bits per heavy atom. The van der Waals surface area contributed by atoms with Gasteiger partial charge in [-0.25, -0.2) is 4.79 Å². The fraction of sp³-hybridized carbons (Fsp3) is 0.308. The molecule has 98 valence electrons. The monoisotopic (exact) mass is 261 g/mol. The number of hydrogen-bond donors (Lipinski definition) is 1. The Bertz CT molecular complexity index is 563. The standard InChI is InChI=1S/C13H11NO5/c15-12(5-6-13(16)7-8-13)19-9-10-1-3-11(4-2-10)14(17)18/h1-4,16H,7-9H2. The van der Waals surface area contributed by atoms with Gasteiger partial charge < -0.3 is 9.84 Å². The topological polar surface area (TPSA) is 89.7 Å². The summed E-state index contributed by atoms with van der Waals surface area (Å²) < 4.78 is 4.86. The van der Waals surface area contributed by atoms with E-state index in [4.69, 9.17) is 4.74 Å². The molecule has 1 aromatic rings. The van der Waals surface area contributed by atoms with E-state index in [1.165, 1.54) is 24.3 Å². The number of rotatable bonds is 3. The molecule has 0 unspecified atom stereocenters. The normalized spacial score (nSPS) is 15.0. The van der Waals surface area contributed by atoms with Gasteiger partial charge in [-0.1, -0.05) is 5.92 Å². The molecule has 0 atom stereocenters. The quantitative estimate of drug-likeness (QED) is 0.290. The molecule has 1 aliphatic carbocycles. The van der Waals surface area contributed by atoms with E-state index in [0.717, 1.165) is 0 Å². The van der Waals surface area contributed by atoms with Gasteiger partial charge in [0.1, 0.15) is 12.2 Å². The number of nitro groups is 1. The largest absolute Gasteiger partial charge is 0.451 e. The van der Waals surface area contributed by atoms with Crippen LogP contribution in [0.3, 0.4) is 0 Å². The third-order valence-corrected chi connectivity index (χ3v) is 2.64. The van der Waals surface area contributed by atoms with Gasteiger partial charge in [0.25, 0.3) is 5.69 Å². The predicted octanol–water partition coefficient (Wildman–Crippen LogP) is 1.17. The highest BCUT2D eigenvalue weighted by Crippen LogP contribution is 2.33. The Morgan fingerprint density at radius 3 is 2.58 bits per heavy atom. The summed E-state index contributed by atoms with van der Waals surface area (Å²) in [6.45, 7) is -0.00998. The van der Waals surface area contributed by atoms with Crippen LogP contribution in [0.5, 0.6) is 0 Å². The molecule has 19 heavy (non-hydrogen) atoms. The summed E-state index contributed by atoms with van der Waals surface area (Å²) in [7, 11) is 0. The maximum absolute atomic E-state index is 11.3. The van der Waals surface area contributed by atoms with Gasteiger partial charge in [0.2, 0.25) is 0 Å². The predicted molar refractivity (Wildman–Crippen MR) is 64.9 cm³/mol. The van der Waals surface area contributed by atoms with E-state index >= 15 is 0 Å². The average Bonchev–Trinajstić information content (AvgIpc) is 3.13. The van der Waals surface area contributed by atoms with Crippen molar-refractivity contribution in [3.8, 4) is 11.8 Å². The second kappa shape index (κ2) is 5.08. The van der Waals surface area contributed by atoms with Crippen LogP contribution in [-0.4, -0.2) is 21.6 Å². The van der Waals surface area contributed by atoms with Gasteiger partial charge in [-0.05, 0) is 30.5 Å². The third-order valence-electron chi connectivity index (χ3n) is 2.64. The van der Waals surface area contributed by atoms with Crippen molar-refractivity contribution in [2.45, 2.75) is 25.0 Å². The number of benzene rings is 1. The molecule has 1 N–H and O–H groups in total. The molecule has 1 aromatic carbocycles. The van der Waals surface area contributed by atoms with Crippen molar-refractivity contribution in [1.29, 1.82) is 0 Å². The molecule has 6 nitrogen and oxygen atoms in total. The summed E-state index contributed by atoms with van der Waals surface area (Å²) in [5.41, 5.74) is -0.399. The van der Waals surface area contributed by atoms with Gasteiger partial charge in [-0.2, -0.15) is 0 Å². The minimum Gasteiger partial charge on any atom is -0.451 e. The highest BCUT2D eigenvalue weighted by molar-refractivity contribution is 5.88. The van der Waals surface area contributed by atoms with Gasteiger partial charge in [-0.3, -0.25) is 10.1 Å². The Labute approximate surface area is 109 Å². The lowest BCUT2D eigenvalue weighted by Crippen LogP contribution is -2.05. The van der Waals surface area contributed by atoms with Crippen LogP contribution < -0.4 is 0 Å². The van der Waals surface area contributed by atoms with Crippen molar-refractivity contribution >= 4 is 11.7 Å². The molecule has 0 bridgehead atoms. The van der Waals surface area contributed by atoms with Crippen LogP contribution in [0.2, 0.25) is 0 Å². The first-order chi connectivity index (χ1) is 8.98. The SMILES string of the molecule is O=C(C#CC1(O)CC1)OCc1ccc([N+](=O)[O-])cc1. The van der Waals surface area contributed by atoms with Gasteiger partial charge >= 0.3 is 5.97 Å². The molecule has 0 radical (unpaired) electrons. The van der Waals surface area contributed by atoms with E-state index in [1.807, 2.05) is 0 Å². The van der Waals surface area contributed by atoms with E-state index in [9.17, 15) is 20.0 Å². The number of nitro benzene ring substituents is 1. The number of hydrogen-bond acceptors (Lipinski definition) is 5. The van der Waals surface area contributed by atoms with Crippen LogP contribution in [0.1, 0.15) is 18.4 Å². The van der Waals surface area contributed by atoms with Gasteiger partial charge in [0.05, 0.1) is 4.92 Å². The summed E-state index contributed by atoms with van der Waals surface area (Å²) in [6, 6.07) is 5.68. The van der Waals surface area contributed by atoms with Gasteiger partial charge in [-0.15, -0.1) is 0 Å². The molecule has 1 fully saturated rings. The van der Waals surface area contributed by atoms with E-state index in [0.29, 0.717) is 18.4 Å². The Balaban J connectivity index is 1.86. The fourth-order valence-corrected chi connectivity index (χ4v) is 1.31. The van der Waals surface area contributed by atoms with Crippen LogP contribution in [0.4, 0.5) is 5.69 Å². The molecule has 0 saturated heterocycles. The van der Waals surface area contributed by atoms with E-state index in [-0.39, 0.29) is 12.3 Å². The minimum absolute atomic E-state index is 0.00998. The second-order valence-electron chi connectivity index (χ2n) is 4.28. The molecule has 0 aliphatic heterocycles. The number of esters is 1. The van der Waals surface area contributed by atoms with Crippen molar-refractivity contribution in [2.75, 3.05) is 0 Å². The summed E-state index contributed by atoms with van der Waals surface area (Å²) in [6.07, 6.45) is 1.16. The van der Waals surface area contributed by atoms with Crippen molar-refractivity contribution in [3.63, 3.8) is 0 Å². The molecule has 0 heterocycles. The summed E-state index contributed by atoms with van der Waals surface area (Å²) in [4.78, 5) is 21.2. The lowest BCUT2D eigenvalue weighted by molar-refractivity contribution is -0.384. The maximum Gasteiger partial charge on any atom is 0.384 e. The van der Waals surface area contributed by atoms with Crippen LogP contribution >= 0.6 is 0 Å². The zero-order valence-electron chi connectivity index (χ0n) is 9.96. The fourth-order valence-electron chi connectivity index (χ4n) is 1.31. The Kier molecular flexibility index (Phi) is 3.49. The van der Waals surface area contributed by atoms with E-state index in [2.05, 4.69) is 11.8 Å². The first kappa shape index (κ1) is 13.1. The summed E-state index contributed by atoms with van der Waals surface area (Å²) in [5.74, 6) is 3.93. The molecular weight excluding hydrogens is 250 g/mol. The van der Waals surface area contributed by atoms with E-state index < -0.39 is 16.5 Å². The molecular formula is C13H11NO5. The zero-order valence-corrected chi connectivity index (χ0v) is 9.96. The van der Waals surface area contributed by atoms with Crippen LogP contribution in [0, 0.1) is 22.0 Å². The first-order valence-corrected chi connectivity index (χ1v) is 5.64. The summed E-state index contributed by atoms with van der Waals surface area (Å²) in [5, 5.41) is 19.8. The second-order valence-corrected chi connectivity index (χ2v) is 4.28.